The summed E-state index contributed by atoms with van der Waals surface area (Å²) in [7, 11) is 1.44. The molecule has 2 heterocycles. The van der Waals surface area contributed by atoms with Gasteiger partial charge in [-0.1, -0.05) is 34.1 Å². The van der Waals surface area contributed by atoms with Crippen LogP contribution in [0.4, 0.5) is 11.5 Å². The number of nitrogens with two attached hydrogens (primary N) is 1. The highest BCUT2D eigenvalue weighted by Crippen LogP contribution is 2.36. The van der Waals surface area contributed by atoms with E-state index in [-0.39, 0.29) is 34.2 Å². The smallest absolute Gasteiger partial charge is 0.245 e. The second-order valence-corrected chi connectivity index (χ2v) is 6.72. The van der Waals surface area contributed by atoms with Gasteiger partial charge in [0.25, 0.3) is 0 Å². The molecule has 0 aliphatic heterocycles. The van der Waals surface area contributed by atoms with Crippen molar-refractivity contribution in [1.82, 2.24) is 20.3 Å². The highest BCUT2D eigenvalue weighted by atomic mass is 79.9. The number of fused-ring (bicyclic) bond motifs is 1. The maximum Gasteiger partial charge on any atom is 0.245 e. The highest BCUT2D eigenvalue weighted by Gasteiger charge is 2.23. The third-order valence-corrected chi connectivity index (χ3v) is 4.48. The van der Waals surface area contributed by atoms with Gasteiger partial charge in [-0.15, -0.1) is 0 Å². The molecule has 2 aromatic heterocycles. The van der Waals surface area contributed by atoms with Crippen molar-refractivity contribution in [2.75, 3.05) is 12.4 Å². The van der Waals surface area contributed by atoms with Crippen molar-refractivity contribution in [2.45, 2.75) is 0 Å². The molecule has 0 atom stereocenters. The number of hydrogen-bond acceptors (Lipinski definition) is 10. The normalized spacial score (nSPS) is 11.6. The van der Waals surface area contributed by atoms with Crippen LogP contribution in [-0.2, 0) is 0 Å². The van der Waals surface area contributed by atoms with Crippen LogP contribution in [-0.4, -0.2) is 38.2 Å². The molecule has 4 N–H and O–H groups in total. The number of phenols is 1. The minimum atomic E-state index is -0.147. The number of benzene rings is 2. The summed E-state index contributed by atoms with van der Waals surface area (Å²) in [4.78, 5) is 8.85. The Bertz CT molecular complexity index is 1210. The SMILES string of the molecule is COc1cc(Br)cc(/C(=N\N)c2nc3nonc3nc2Nc2ccccc2)c1O. The van der Waals surface area contributed by atoms with Gasteiger partial charge in [-0.3, -0.25) is 0 Å². The molecule has 0 amide bonds. The first-order valence-electron chi connectivity index (χ1n) is 8.28. The number of hydrazone groups is 1. The number of nitrogens with zero attached hydrogens (tertiary/aromatic N) is 5. The van der Waals surface area contributed by atoms with Gasteiger partial charge in [0, 0.05) is 10.2 Å². The molecule has 0 saturated heterocycles. The van der Waals surface area contributed by atoms with Crippen LogP contribution >= 0.6 is 15.9 Å². The zero-order valence-electron chi connectivity index (χ0n) is 15.0. The molecule has 0 radical (unpaired) electrons. The van der Waals surface area contributed by atoms with Crippen LogP contribution in [0.3, 0.4) is 0 Å². The number of rotatable bonds is 5. The number of nitrogens with one attached hydrogen (secondary N) is 1. The van der Waals surface area contributed by atoms with Crippen molar-refractivity contribution < 1.29 is 14.5 Å². The average Bonchev–Trinajstić information content (AvgIpc) is 3.19. The fourth-order valence-corrected chi connectivity index (χ4v) is 3.15. The third kappa shape index (κ3) is 3.55. The van der Waals surface area contributed by atoms with E-state index in [2.05, 4.69) is 46.6 Å². The summed E-state index contributed by atoms with van der Waals surface area (Å²) in [5, 5.41) is 25.1. The van der Waals surface area contributed by atoms with Crippen LogP contribution in [0.5, 0.6) is 11.5 Å². The molecular formula is C18H14BrN7O3. The van der Waals surface area contributed by atoms with Crippen molar-refractivity contribution in [3.05, 3.63) is 58.2 Å². The zero-order valence-corrected chi connectivity index (χ0v) is 16.6. The van der Waals surface area contributed by atoms with Crippen LogP contribution < -0.4 is 15.9 Å². The first-order chi connectivity index (χ1) is 14.1. The van der Waals surface area contributed by atoms with Gasteiger partial charge in [0.05, 0.1) is 12.7 Å². The third-order valence-electron chi connectivity index (χ3n) is 4.02. The molecule has 4 aromatic rings. The summed E-state index contributed by atoms with van der Waals surface area (Å²) in [6, 6.07) is 12.6. The van der Waals surface area contributed by atoms with Crippen LogP contribution in [0, 0.1) is 0 Å². The molecule has 0 bridgehead atoms. The summed E-state index contributed by atoms with van der Waals surface area (Å²) >= 11 is 3.39. The molecule has 29 heavy (non-hydrogen) atoms. The highest BCUT2D eigenvalue weighted by molar-refractivity contribution is 9.10. The average molecular weight is 456 g/mol. The first-order valence-corrected chi connectivity index (χ1v) is 9.07. The number of para-hydroxylation sites is 1. The number of phenolic OH excluding ortho intramolecular Hbond substituents is 1. The molecular weight excluding hydrogens is 442 g/mol. The van der Waals surface area contributed by atoms with E-state index in [1.54, 1.807) is 12.1 Å². The Morgan fingerprint density at radius 2 is 1.90 bits per heavy atom. The van der Waals surface area contributed by atoms with Gasteiger partial charge >= 0.3 is 0 Å². The summed E-state index contributed by atoms with van der Waals surface area (Å²) in [6.07, 6.45) is 0. The van der Waals surface area contributed by atoms with Gasteiger partial charge in [-0.2, -0.15) is 5.10 Å². The Hall–Kier alpha value is -3.73. The van der Waals surface area contributed by atoms with E-state index in [0.717, 1.165) is 5.69 Å². The largest absolute Gasteiger partial charge is 0.504 e. The molecule has 10 nitrogen and oxygen atoms in total. The number of halogens is 1. The van der Waals surface area contributed by atoms with Crippen LogP contribution in [0.25, 0.3) is 11.3 Å². The van der Waals surface area contributed by atoms with Gasteiger partial charge in [0.15, 0.2) is 17.3 Å². The predicted octanol–water partition coefficient (Wildman–Crippen LogP) is 2.94. The zero-order chi connectivity index (χ0) is 20.4. The van der Waals surface area contributed by atoms with Crippen molar-refractivity contribution in [2.24, 2.45) is 10.9 Å². The van der Waals surface area contributed by atoms with Crippen molar-refractivity contribution in [3.8, 4) is 11.5 Å². The summed E-state index contributed by atoms with van der Waals surface area (Å²) in [6.45, 7) is 0. The Morgan fingerprint density at radius 3 is 2.59 bits per heavy atom. The van der Waals surface area contributed by atoms with E-state index >= 15 is 0 Å². The Balaban J connectivity index is 1.91. The molecule has 0 unspecified atom stereocenters. The van der Waals surface area contributed by atoms with Crippen molar-refractivity contribution >= 4 is 44.4 Å². The van der Waals surface area contributed by atoms with Gasteiger partial charge in [0.2, 0.25) is 11.3 Å². The molecule has 146 valence electrons. The predicted molar refractivity (Wildman–Crippen MR) is 109 cm³/mol. The van der Waals surface area contributed by atoms with Crippen molar-refractivity contribution in [1.29, 1.82) is 0 Å². The van der Waals surface area contributed by atoms with Gasteiger partial charge in [-0.05, 0) is 34.6 Å². The van der Waals surface area contributed by atoms with E-state index in [1.165, 1.54) is 7.11 Å². The van der Waals surface area contributed by atoms with Gasteiger partial charge in [-0.25, -0.2) is 14.6 Å². The Labute approximate surface area is 172 Å². The Kier molecular flexibility index (Phi) is 4.96. The van der Waals surface area contributed by atoms with E-state index < -0.39 is 0 Å². The van der Waals surface area contributed by atoms with E-state index in [0.29, 0.717) is 15.9 Å². The number of aromatic hydroxyl groups is 1. The number of aromatic nitrogens is 4. The summed E-state index contributed by atoms with van der Waals surface area (Å²) in [5.41, 5.74) is 1.83. The summed E-state index contributed by atoms with van der Waals surface area (Å²) < 4.78 is 10.6. The fraction of sp³-hybridized carbons (Fsp3) is 0.0556. The van der Waals surface area contributed by atoms with Crippen LogP contribution in [0.1, 0.15) is 11.3 Å². The maximum atomic E-state index is 10.6. The van der Waals surface area contributed by atoms with Crippen molar-refractivity contribution in [3.63, 3.8) is 0 Å². The lowest BCUT2D eigenvalue weighted by Crippen LogP contribution is -2.14. The number of hydrogen-bond donors (Lipinski definition) is 3. The fourth-order valence-electron chi connectivity index (χ4n) is 2.72. The standard InChI is InChI=1S/C18H14BrN7O3/c1-28-12-8-9(19)7-11(15(12)27)13(24-20)14-16(21-10-5-3-2-4-6-10)23-18-17(22-14)25-29-26-18/h2-8,27H,20H2,1H3,(H,21,23,26)/b24-13+. The van der Waals surface area contributed by atoms with E-state index in [4.69, 9.17) is 15.2 Å². The van der Waals surface area contributed by atoms with E-state index in [9.17, 15) is 5.11 Å². The lowest BCUT2D eigenvalue weighted by Gasteiger charge is -2.14. The molecule has 0 saturated carbocycles. The topological polar surface area (TPSA) is 145 Å². The molecule has 2 aromatic carbocycles. The molecule has 11 heteroatoms. The number of ether oxygens (including phenoxy) is 1. The number of methoxy groups -OCH3 is 1. The minimum Gasteiger partial charge on any atom is -0.504 e. The monoisotopic (exact) mass is 455 g/mol. The Morgan fingerprint density at radius 1 is 1.17 bits per heavy atom. The maximum absolute atomic E-state index is 10.6. The van der Waals surface area contributed by atoms with Gasteiger partial charge in [0.1, 0.15) is 11.4 Å². The second kappa shape index (κ2) is 7.72. The van der Waals surface area contributed by atoms with E-state index in [1.807, 2.05) is 30.3 Å². The molecule has 0 aliphatic carbocycles. The first kappa shape index (κ1) is 18.6. The lowest BCUT2D eigenvalue weighted by atomic mass is 10.0. The van der Waals surface area contributed by atoms with Crippen LogP contribution in [0.15, 0.2) is 56.7 Å². The molecule has 4 rings (SSSR count). The summed E-state index contributed by atoms with van der Waals surface area (Å²) in [5.74, 6) is 6.10. The molecule has 0 fully saturated rings. The lowest BCUT2D eigenvalue weighted by molar-refractivity contribution is 0.314. The molecule has 0 spiro atoms. The minimum absolute atomic E-state index is 0.147. The quantitative estimate of drug-likeness (QED) is 0.234. The number of anilines is 2. The molecule has 0 aliphatic rings. The van der Waals surface area contributed by atoms with Crippen LogP contribution in [0.2, 0.25) is 0 Å². The second-order valence-electron chi connectivity index (χ2n) is 5.81. The van der Waals surface area contributed by atoms with Gasteiger partial charge < -0.3 is 21.0 Å².